The Hall–Kier alpha value is -2.12. The van der Waals surface area contributed by atoms with Gasteiger partial charge in [-0.15, -0.1) is 23.1 Å². The van der Waals surface area contributed by atoms with Crippen LogP contribution in [-0.4, -0.2) is 21.0 Å². The average molecular weight is 388 g/mol. The quantitative estimate of drug-likeness (QED) is 0.721. The summed E-state index contributed by atoms with van der Waals surface area (Å²) in [7, 11) is 0. The molecule has 7 heteroatoms. The summed E-state index contributed by atoms with van der Waals surface area (Å²) >= 11 is 2.87. The first-order valence-electron chi connectivity index (χ1n) is 8.27. The van der Waals surface area contributed by atoms with E-state index in [-0.39, 0.29) is 16.9 Å². The number of aromatic nitrogens is 2. The van der Waals surface area contributed by atoms with Crippen molar-refractivity contribution in [3.8, 4) is 0 Å². The van der Waals surface area contributed by atoms with E-state index >= 15 is 0 Å². The fourth-order valence-corrected chi connectivity index (χ4v) is 3.92. The van der Waals surface area contributed by atoms with Gasteiger partial charge in [0.1, 0.15) is 0 Å². The number of nitrogens with zero attached hydrogens (tertiary/aromatic N) is 2. The predicted octanol–water partition coefficient (Wildman–Crippen LogP) is 3.93. The second kappa shape index (κ2) is 7.63. The standard InChI is InChI=1S/C19H21N3O2S2/c1-19(2,3)13-4-6-14(7-5-13)20-16(23)12-25-11-15-10-17(24)22-8-9-26-18(22)21-15/h4-10H,11-12H2,1-3H3,(H,20,23). The molecule has 0 saturated heterocycles. The molecule has 0 aliphatic heterocycles. The largest absolute Gasteiger partial charge is 0.325 e. The first kappa shape index (κ1) is 18.7. The summed E-state index contributed by atoms with van der Waals surface area (Å²) in [4.78, 5) is 29.2. The Labute approximate surface area is 160 Å². The van der Waals surface area contributed by atoms with Gasteiger partial charge in [0.25, 0.3) is 5.56 Å². The van der Waals surface area contributed by atoms with Crippen LogP contribution in [0.4, 0.5) is 5.69 Å². The van der Waals surface area contributed by atoms with Crippen LogP contribution in [0.2, 0.25) is 0 Å². The summed E-state index contributed by atoms with van der Waals surface area (Å²) in [6.45, 7) is 6.47. The number of fused-ring (bicyclic) bond motifs is 1. The molecule has 0 atom stereocenters. The second-order valence-corrected chi connectivity index (χ2v) is 8.87. The Morgan fingerprint density at radius 3 is 2.69 bits per heavy atom. The van der Waals surface area contributed by atoms with Crippen LogP contribution in [0.15, 0.2) is 46.7 Å². The summed E-state index contributed by atoms with van der Waals surface area (Å²) in [6, 6.07) is 9.45. The molecule has 0 saturated carbocycles. The minimum absolute atomic E-state index is 0.0626. The molecule has 5 nitrogen and oxygen atoms in total. The van der Waals surface area contributed by atoms with Crippen molar-refractivity contribution in [2.24, 2.45) is 0 Å². The van der Waals surface area contributed by atoms with E-state index in [1.807, 2.05) is 29.6 Å². The highest BCUT2D eigenvalue weighted by Crippen LogP contribution is 2.23. The number of benzene rings is 1. The molecule has 0 bridgehead atoms. The van der Waals surface area contributed by atoms with Crippen LogP contribution >= 0.6 is 23.1 Å². The average Bonchev–Trinajstić information content (AvgIpc) is 3.03. The van der Waals surface area contributed by atoms with Crippen LogP contribution in [0.25, 0.3) is 4.96 Å². The number of thiazole rings is 1. The maximum Gasteiger partial charge on any atom is 0.258 e. The highest BCUT2D eigenvalue weighted by molar-refractivity contribution is 7.99. The SMILES string of the molecule is CC(C)(C)c1ccc(NC(=O)CSCc2cc(=O)n3ccsc3n2)cc1. The topological polar surface area (TPSA) is 63.5 Å². The lowest BCUT2D eigenvalue weighted by Crippen LogP contribution is -2.16. The van der Waals surface area contributed by atoms with Crippen molar-refractivity contribution in [3.63, 3.8) is 0 Å². The number of nitrogens with one attached hydrogen (secondary N) is 1. The van der Waals surface area contributed by atoms with Gasteiger partial charge in [-0.1, -0.05) is 32.9 Å². The van der Waals surface area contributed by atoms with Crippen molar-refractivity contribution >= 4 is 39.7 Å². The van der Waals surface area contributed by atoms with Gasteiger partial charge in [-0.25, -0.2) is 4.98 Å². The van der Waals surface area contributed by atoms with Crippen molar-refractivity contribution in [1.29, 1.82) is 0 Å². The maximum absolute atomic E-state index is 12.1. The minimum atomic E-state index is -0.0877. The molecule has 3 rings (SSSR count). The molecular weight excluding hydrogens is 366 g/mol. The highest BCUT2D eigenvalue weighted by Gasteiger charge is 2.13. The Morgan fingerprint density at radius 1 is 1.27 bits per heavy atom. The van der Waals surface area contributed by atoms with Crippen LogP contribution in [-0.2, 0) is 16.0 Å². The molecular formula is C19H21N3O2S2. The third-order valence-corrected chi connectivity index (χ3v) is 5.60. The van der Waals surface area contributed by atoms with E-state index in [2.05, 4.69) is 31.1 Å². The fraction of sp³-hybridized carbons (Fsp3) is 0.316. The molecule has 0 aliphatic carbocycles. The zero-order chi connectivity index (χ0) is 18.7. The third kappa shape index (κ3) is 4.53. The second-order valence-electron chi connectivity index (χ2n) is 7.01. The van der Waals surface area contributed by atoms with E-state index in [1.165, 1.54) is 39.1 Å². The summed E-state index contributed by atoms with van der Waals surface area (Å²) in [5.74, 6) is 0.777. The molecule has 1 aromatic carbocycles. The molecule has 1 amide bonds. The van der Waals surface area contributed by atoms with Crippen LogP contribution in [0.1, 0.15) is 32.0 Å². The van der Waals surface area contributed by atoms with E-state index in [1.54, 1.807) is 6.20 Å². The first-order chi connectivity index (χ1) is 12.3. The molecule has 26 heavy (non-hydrogen) atoms. The molecule has 0 fully saturated rings. The van der Waals surface area contributed by atoms with Crippen molar-refractivity contribution in [2.45, 2.75) is 31.9 Å². The molecule has 1 N–H and O–H groups in total. The molecule has 136 valence electrons. The number of hydrogen-bond acceptors (Lipinski definition) is 5. The number of rotatable bonds is 5. The van der Waals surface area contributed by atoms with E-state index in [0.29, 0.717) is 22.2 Å². The molecule has 2 heterocycles. The first-order valence-corrected chi connectivity index (χ1v) is 10.3. The fourth-order valence-electron chi connectivity index (χ4n) is 2.46. The van der Waals surface area contributed by atoms with Crippen molar-refractivity contribution in [2.75, 3.05) is 11.1 Å². The number of carbonyl (C=O) groups excluding carboxylic acids is 1. The molecule has 3 aromatic rings. The smallest absolute Gasteiger partial charge is 0.258 e. The normalized spacial score (nSPS) is 11.7. The van der Waals surface area contributed by atoms with Gasteiger partial charge >= 0.3 is 0 Å². The van der Waals surface area contributed by atoms with Gasteiger partial charge in [-0.3, -0.25) is 14.0 Å². The van der Waals surface area contributed by atoms with Crippen LogP contribution in [0, 0.1) is 0 Å². The maximum atomic E-state index is 12.1. The number of amides is 1. The van der Waals surface area contributed by atoms with Gasteiger partial charge < -0.3 is 5.32 Å². The molecule has 0 spiro atoms. The van der Waals surface area contributed by atoms with Crippen molar-refractivity contribution in [1.82, 2.24) is 9.38 Å². The van der Waals surface area contributed by atoms with Gasteiger partial charge in [0.2, 0.25) is 5.91 Å². The molecule has 0 unspecified atom stereocenters. The van der Waals surface area contributed by atoms with E-state index < -0.39 is 0 Å². The van der Waals surface area contributed by atoms with Crippen molar-refractivity contribution in [3.05, 3.63) is 63.5 Å². The molecule has 0 radical (unpaired) electrons. The van der Waals surface area contributed by atoms with Crippen molar-refractivity contribution < 1.29 is 4.79 Å². The predicted molar refractivity (Wildman–Crippen MR) is 109 cm³/mol. The van der Waals surface area contributed by atoms with Crippen LogP contribution < -0.4 is 10.9 Å². The Morgan fingerprint density at radius 2 is 2.00 bits per heavy atom. The number of hydrogen-bond donors (Lipinski definition) is 1. The Balaban J connectivity index is 1.53. The monoisotopic (exact) mass is 387 g/mol. The van der Waals surface area contributed by atoms with Gasteiger partial charge in [0, 0.05) is 29.1 Å². The number of anilines is 1. The van der Waals surface area contributed by atoms with Crippen LogP contribution in [0.5, 0.6) is 0 Å². The highest BCUT2D eigenvalue weighted by atomic mass is 32.2. The lowest BCUT2D eigenvalue weighted by atomic mass is 9.87. The van der Waals surface area contributed by atoms with Gasteiger partial charge in [-0.05, 0) is 23.1 Å². The van der Waals surface area contributed by atoms with Crippen LogP contribution in [0.3, 0.4) is 0 Å². The zero-order valence-corrected chi connectivity index (χ0v) is 16.6. The van der Waals surface area contributed by atoms with Gasteiger partial charge in [0.15, 0.2) is 4.96 Å². The molecule has 2 aromatic heterocycles. The Bertz CT molecular complexity index is 969. The zero-order valence-electron chi connectivity index (χ0n) is 15.0. The summed E-state index contributed by atoms with van der Waals surface area (Å²) in [5, 5.41) is 4.73. The Kier molecular flexibility index (Phi) is 5.48. The van der Waals surface area contributed by atoms with E-state index in [0.717, 1.165) is 5.69 Å². The lowest BCUT2D eigenvalue weighted by Gasteiger charge is -2.19. The number of carbonyl (C=O) groups is 1. The molecule has 0 aliphatic rings. The summed E-state index contributed by atoms with van der Waals surface area (Å²) in [6.07, 6.45) is 1.71. The summed E-state index contributed by atoms with van der Waals surface area (Å²) < 4.78 is 1.52. The van der Waals surface area contributed by atoms with E-state index in [4.69, 9.17) is 0 Å². The lowest BCUT2D eigenvalue weighted by molar-refractivity contribution is -0.113. The van der Waals surface area contributed by atoms with Gasteiger partial charge in [-0.2, -0.15) is 0 Å². The number of thioether (sulfide) groups is 1. The van der Waals surface area contributed by atoms with Gasteiger partial charge in [0.05, 0.1) is 11.4 Å². The summed E-state index contributed by atoms with van der Waals surface area (Å²) in [5.41, 5.74) is 2.72. The third-order valence-electron chi connectivity index (χ3n) is 3.87. The minimum Gasteiger partial charge on any atom is -0.325 e. The van der Waals surface area contributed by atoms with E-state index in [9.17, 15) is 9.59 Å².